The summed E-state index contributed by atoms with van der Waals surface area (Å²) in [6, 6.07) is 6.26. The third kappa shape index (κ3) is 1.86. The van der Waals surface area contributed by atoms with Crippen LogP contribution in [0.1, 0.15) is 15.9 Å². The first-order valence-electron chi connectivity index (χ1n) is 7.04. The highest BCUT2D eigenvalue weighted by Crippen LogP contribution is 2.33. The van der Waals surface area contributed by atoms with Crippen molar-refractivity contribution in [1.29, 1.82) is 0 Å². The van der Waals surface area contributed by atoms with Gasteiger partial charge in [-0.15, -0.1) is 0 Å². The molecule has 3 saturated heterocycles. The maximum Gasteiger partial charge on any atom is 0.150 e. The Balaban J connectivity index is 1.55. The molecule has 1 aromatic rings. The predicted molar refractivity (Wildman–Crippen MR) is 71.8 cm³/mol. The van der Waals surface area contributed by atoms with Crippen LogP contribution in [0.25, 0.3) is 0 Å². The van der Waals surface area contributed by atoms with Crippen LogP contribution in [0.5, 0.6) is 5.75 Å². The normalized spacial score (nSPS) is 35.8. The first kappa shape index (κ1) is 11.4. The lowest BCUT2D eigenvalue weighted by atomic mass is 9.98. The average Bonchev–Trinajstić information content (AvgIpc) is 2.91. The fraction of sp³-hybridized carbons (Fsp3) is 0.533. The number of benzene rings is 1. The Hall–Kier alpha value is -1.39. The van der Waals surface area contributed by atoms with Gasteiger partial charge in [-0.3, -0.25) is 14.6 Å². The van der Waals surface area contributed by atoms with Gasteiger partial charge in [0.1, 0.15) is 18.1 Å². The number of hydrogen-bond acceptors (Lipinski definition) is 4. The summed E-state index contributed by atoms with van der Waals surface area (Å²) in [5.74, 6) is 0.966. The number of piperazine rings is 3. The van der Waals surface area contributed by atoms with Crippen LogP contribution < -0.4 is 4.74 Å². The van der Waals surface area contributed by atoms with Crippen molar-refractivity contribution in [3.05, 3.63) is 29.3 Å². The zero-order valence-corrected chi connectivity index (χ0v) is 10.9. The SMILES string of the molecule is O=Cc1ccc2c(c1)CC(C1CN3CCN1CC3)O2. The van der Waals surface area contributed by atoms with Crippen molar-refractivity contribution in [2.75, 3.05) is 32.7 Å². The van der Waals surface area contributed by atoms with E-state index in [9.17, 15) is 4.79 Å². The molecule has 2 bridgehead atoms. The number of fused-ring (bicyclic) bond motifs is 4. The zero-order valence-electron chi connectivity index (χ0n) is 10.9. The fourth-order valence-corrected chi connectivity index (χ4v) is 3.59. The van der Waals surface area contributed by atoms with Gasteiger partial charge in [-0.2, -0.15) is 0 Å². The average molecular weight is 258 g/mol. The molecule has 3 fully saturated rings. The number of aldehydes is 1. The molecule has 5 rings (SSSR count). The van der Waals surface area contributed by atoms with Crippen molar-refractivity contribution in [2.24, 2.45) is 0 Å². The third-order valence-corrected chi connectivity index (χ3v) is 4.67. The van der Waals surface area contributed by atoms with E-state index in [0.717, 1.165) is 30.6 Å². The van der Waals surface area contributed by atoms with Gasteiger partial charge >= 0.3 is 0 Å². The number of carbonyl (C=O) groups is 1. The van der Waals surface area contributed by atoms with Crippen molar-refractivity contribution in [3.63, 3.8) is 0 Å². The Morgan fingerprint density at radius 1 is 1.21 bits per heavy atom. The van der Waals surface area contributed by atoms with Crippen LogP contribution >= 0.6 is 0 Å². The minimum atomic E-state index is 0.250. The van der Waals surface area contributed by atoms with Crippen LogP contribution in [-0.2, 0) is 6.42 Å². The smallest absolute Gasteiger partial charge is 0.150 e. The van der Waals surface area contributed by atoms with Gasteiger partial charge in [0.05, 0.1) is 6.04 Å². The second kappa shape index (κ2) is 4.32. The quantitative estimate of drug-likeness (QED) is 0.735. The molecule has 4 aliphatic heterocycles. The van der Waals surface area contributed by atoms with Crippen molar-refractivity contribution >= 4 is 6.29 Å². The largest absolute Gasteiger partial charge is 0.488 e. The first-order chi connectivity index (χ1) is 9.33. The third-order valence-electron chi connectivity index (χ3n) is 4.67. The minimum absolute atomic E-state index is 0.250. The molecule has 0 saturated carbocycles. The molecule has 19 heavy (non-hydrogen) atoms. The lowest BCUT2D eigenvalue weighted by Crippen LogP contribution is -2.64. The molecule has 4 heteroatoms. The summed E-state index contributed by atoms with van der Waals surface area (Å²) in [7, 11) is 0. The maximum absolute atomic E-state index is 10.8. The molecular formula is C15H18N2O2. The van der Waals surface area contributed by atoms with E-state index >= 15 is 0 Å². The summed E-state index contributed by atoms with van der Waals surface area (Å²) in [5, 5.41) is 0. The molecule has 4 aliphatic rings. The molecule has 0 aliphatic carbocycles. The lowest BCUT2D eigenvalue weighted by Gasteiger charge is -2.49. The van der Waals surface area contributed by atoms with Gasteiger partial charge in [0.15, 0.2) is 0 Å². The molecule has 0 radical (unpaired) electrons. The highest BCUT2D eigenvalue weighted by Gasteiger charge is 2.40. The van der Waals surface area contributed by atoms with Crippen molar-refractivity contribution < 1.29 is 9.53 Å². The Morgan fingerprint density at radius 3 is 2.74 bits per heavy atom. The summed E-state index contributed by atoms with van der Waals surface area (Å²) < 4.78 is 6.11. The molecule has 2 unspecified atom stereocenters. The molecule has 0 N–H and O–H groups in total. The van der Waals surface area contributed by atoms with Crippen molar-refractivity contribution in [2.45, 2.75) is 18.6 Å². The van der Waals surface area contributed by atoms with Crippen molar-refractivity contribution in [3.8, 4) is 5.75 Å². The molecule has 4 heterocycles. The maximum atomic E-state index is 10.8. The Kier molecular flexibility index (Phi) is 2.60. The standard InChI is InChI=1S/C15H18N2O2/c18-10-11-1-2-14-12(7-11)8-15(19-14)13-9-16-3-5-17(13)6-4-16/h1-2,7,10,13,15H,3-6,8-9H2. The predicted octanol–water partition coefficient (Wildman–Crippen LogP) is 0.802. The minimum Gasteiger partial charge on any atom is -0.488 e. The number of carbonyl (C=O) groups excluding carboxylic acids is 1. The van der Waals surface area contributed by atoms with Crippen LogP contribution in [0.15, 0.2) is 18.2 Å². The van der Waals surface area contributed by atoms with E-state index in [1.807, 2.05) is 18.2 Å². The molecule has 4 nitrogen and oxygen atoms in total. The van der Waals surface area contributed by atoms with Crippen molar-refractivity contribution in [1.82, 2.24) is 9.80 Å². The van der Waals surface area contributed by atoms with Gasteiger partial charge in [-0.1, -0.05) is 0 Å². The van der Waals surface area contributed by atoms with Gasteiger partial charge in [-0.05, 0) is 23.8 Å². The molecule has 0 spiro atoms. The Morgan fingerprint density at radius 2 is 2.05 bits per heavy atom. The van der Waals surface area contributed by atoms with Crippen LogP contribution in [0.2, 0.25) is 0 Å². The monoisotopic (exact) mass is 258 g/mol. The fourth-order valence-electron chi connectivity index (χ4n) is 3.59. The molecule has 0 aromatic heterocycles. The number of ether oxygens (including phenoxy) is 1. The topological polar surface area (TPSA) is 32.8 Å². The van der Waals surface area contributed by atoms with E-state index in [2.05, 4.69) is 9.80 Å². The zero-order chi connectivity index (χ0) is 12.8. The van der Waals surface area contributed by atoms with E-state index in [0.29, 0.717) is 6.04 Å². The van der Waals surface area contributed by atoms with Gasteiger partial charge in [0.2, 0.25) is 0 Å². The van der Waals surface area contributed by atoms with Crippen LogP contribution in [0.3, 0.4) is 0 Å². The van der Waals surface area contributed by atoms with E-state index in [1.54, 1.807) is 0 Å². The lowest BCUT2D eigenvalue weighted by molar-refractivity contribution is -0.0315. The first-order valence-corrected chi connectivity index (χ1v) is 7.04. The summed E-state index contributed by atoms with van der Waals surface area (Å²) in [5.41, 5.74) is 1.93. The summed E-state index contributed by atoms with van der Waals surface area (Å²) >= 11 is 0. The highest BCUT2D eigenvalue weighted by atomic mass is 16.5. The molecule has 100 valence electrons. The van der Waals surface area contributed by atoms with E-state index in [1.165, 1.54) is 31.7 Å². The number of hydrogen-bond donors (Lipinski definition) is 0. The van der Waals surface area contributed by atoms with Crippen LogP contribution in [-0.4, -0.2) is 61.0 Å². The van der Waals surface area contributed by atoms with Gasteiger partial charge in [-0.25, -0.2) is 0 Å². The van der Waals surface area contributed by atoms with Gasteiger partial charge < -0.3 is 4.74 Å². The molecular weight excluding hydrogens is 240 g/mol. The van der Waals surface area contributed by atoms with Crippen LogP contribution in [0.4, 0.5) is 0 Å². The van der Waals surface area contributed by atoms with Gasteiger partial charge in [0.25, 0.3) is 0 Å². The molecule has 1 aromatic carbocycles. The van der Waals surface area contributed by atoms with Gasteiger partial charge in [0, 0.05) is 44.7 Å². The summed E-state index contributed by atoms with van der Waals surface area (Å²) in [4.78, 5) is 15.9. The number of nitrogens with zero attached hydrogens (tertiary/aromatic N) is 2. The Labute approximate surface area is 112 Å². The molecule has 0 amide bonds. The highest BCUT2D eigenvalue weighted by molar-refractivity contribution is 5.75. The second-order valence-electron chi connectivity index (χ2n) is 5.75. The molecule has 2 atom stereocenters. The van der Waals surface area contributed by atoms with Crippen LogP contribution in [0, 0.1) is 0 Å². The van der Waals surface area contributed by atoms with E-state index in [4.69, 9.17) is 4.74 Å². The summed E-state index contributed by atoms with van der Waals surface area (Å²) in [6.45, 7) is 5.86. The van der Waals surface area contributed by atoms with E-state index < -0.39 is 0 Å². The summed E-state index contributed by atoms with van der Waals surface area (Å²) in [6.07, 6.45) is 2.09. The second-order valence-corrected chi connectivity index (χ2v) is 5.75. The van der Waals surface area contributed by atoms with E-state index in [-0.39, 0.29) is 6.10 Å². The Bertz CT molecular complexity index is 509. The number of rotatable bonds is 2.